The van der Waals surface area contributed by atoms with Gasteiger partial charge < -0.3 is 24.8 Å². The summed E-state index contributed by atoms with van der Waals surface area (Å²) in [5, 5.41) is 6.74. The quantitative estimate of drug-likeness (QED) is 0.747. The highest BCUT2D eigenvalue weighted by Gasteiger charge is 2.06. The largest absolute Gasteiger partial charge is 0.497 e. The molecule has 1 heterocycles. The molecule has 0 radical (unpaired) electrons. The van der Waals surface area contributed by atoms with E-state index in [1.807, 2.05) is 37.3 Å². The third-order valence-electron chi connectivity index (χ3n) is 3.14. The Labute approximate surface area is 147 Å². The first-order chi connectivity index (χ1) is 11.6. The van der Waals surface area contributed by atoms with Crippen molar-refractivity contribution >= 4 is 23.0 Å². The number of hydrogen-bond acceptors (Lipinski definition) is 5. The van der Waals surface area contributed by atoms with Gasteiger partial charge >= 0.3 is 0 Å². The zero-order valence-corrected chi connectivity index (χ0v) is 14.7. The highest BCUT2D eigenvalue weighted by molar-refractivity contribution is 7.80. The van der Waals surface area contributed by atoms with Crippen molar-refractivity contribution in [2.24, 2.45) is 0 Å². The van der Waals surface area contributed by atoms with Crippen molar-refractivity contribution in [3.8, 4) is 17.4 Å². The highest BCUT2D eigenvalue weighted by atomic mass is 32.1. The average molecular weight is 347 g/mol. The second-order valence-electron chi connectivity index (χ2n) is 5.08. The van der Waals surface area contributed by atoms with Crippen LogP contribution in [0, 0.1) is 0 Å². The summed E-state index contributed by atoms with van der Waals surface area (Å²) in [6, 6.07) is 11.1. The second-order valence-corrected chi connectivity index (χ2v) is 5.48. The maximum atomic E-state index is 5.71. The maximum absolute atomic E-state index is 5.71. The molecule has 2 N–H and O–H groups in total. The minimum atomic E-state index is 0.0401. The Balaban J connectivity index is 1.75. The molecular formula is C17H21N3O3S. The van der Waals surface area contributed by atoms with Gasteiger partial charge in [0.2, 0.25) is 5.88 Å². The summed E-state index contributed by atoms with van der Waals surface area (Å²) in [5.74, 6) is 2.13. The summed E-state index contributed by atoms with van der Waals surface area (Å²) in [6.45, 7) is 2.47. The number of anilines is 1. The van der Waals surface area contributed by atoms with Crippen molar-refractivity contribution in [3.63, 3.8) is 0 Å². The van der Waals surface area contributed by atoms with Crippen LogP contribution in [-0.4, -0.2) is 37.0 Å². The molecule has 0 aliphatic rings. The molecule has 0 aliphatic carbocycles. The number of hydrogen-bond donors (Lipinski definition) is 2. The topological polar surface area (TPSA) is 64.6 Å². The summed E-state index contributed by atoms with van der Waals surface area (Å²) in [4.78, 5) is 4.11. The van der Waals surface area contributed by atoms with Gasteiger partial charge in [-0.2, -0.15) is 0 Å². The predicted molar refractivity (Wildman–Crippen MR) is 98.1 cm³/mol. The lowest BCUT2D eigenvalue weighted by Crippen LogP contribution is -2.39. The van der Waals surface area contributed by atoms with Gasteiger partial charge in [0.05, 0.1) is 32.1 Å². The third-order valence-corrected chi connectivity index (χ3v) is 3.36. The van der Waals surface area contributed by atoms with E-state index in [9.17, 15) is 0 Å². The lowest BCUT2D eigenvalue weighted by Gasteiger charge is -2.17. The number of nitrogens with zero attached hydrogens (tertiary/aromatic N) is 1. The Morgan fingerprint density at radius 1 is 1.08 bits per heavy atom. The zero-order chi connectivity index (χ0) is 17.4. The van der Waals surface area contributed by atoms with E-state index in [0.29, 0.717) is 17.6 Å². The number of aromatic nitrogens is 1. The van der Waals surface area contributed by atoms with E-state index in [-0.39, 0.29) is 6.04 Å². The molecule has 0 amide bonds. The minimum absolute atomic E-state index is 0.0401. The number of methoxy groups -OCH3 is 2. The van der Waals surface area contributed by atoms with Crippen molar-refractivity contribution < 1.29 is 14.2 Å². The SMILES string of the molecule is COc1ccc(OCC(C)NC(=S)Nc2ccc(OC)nc2)cc1. The van der Waals surface area contributed by atoms with Crippen molar-refractivity contribution in [2.75, 3.05) is 26.1 Å². The van der Waals surface area contributed by atoms with E-state index in [4.69, 9.17) is 26.4 Å². The van der Waals surface area contributed by atoms with E-state index in [2.05, 4.69) is 15.6 Å². The number of ether oxygens (including phenoxy) is 3. The van der Waals surface area contributed by atoms with Crippen LogP contribution in [0.1, 0.15) is 6.92 Å². The Morgan fingerprint density at radius 2 is 1.79 bits per heavy atom. The van der Waals surface area contributed by atoms with Crippen molar-refractivity contribution in [2.45, 2.75) is 13.0 Å². The van der Waals surface area contributed by atoms with E-state index >= 15 is 0 Å². The molecule has 24 heavy (non-hydrogen) atoms. The van der Waals surface area contributed by atoms with E-state index in [1.54, 1.807) is 26.5 Å². The van der Waals surface area contributed by atoms with Crippen LogP contribution in [0.3, 0.4) is 0 Å². The first kappa shape index (κ1) is 17.8. The van der Waals surface area contributed by atoms with Crippen LogP contribution in [0.2, 0.25) is 0 Å². The Hall–Kier alpha value is -2.54. The molecule has 0 fully saturated rings. The number of rotatable bonds is 7. The van der Waals surface area contributed by atoms with Gasteiger partial charge in [-0.05, 0) is 49.5 Å². The van der Waals surface area contributed by atoms with E-state index < -0.39 is 0 Å². The summed E-state index contributed by atoms with van der Waals surface area (Å²) in [7, 11) is 3.21. The normalized spacial score (nSPS) is 11.3. The molecular weight excluding hydrogens is 326 g/mol. The van der Waals surface area contributed by atoms with Crippen LogP contribution in [0.5, 0.6) is 17.4 Å². The van der Waals surface area contributed by atoms with Gasteiger partial charge in [0.25, 0.3) is 0 Å². The van der Waals surface area contributed by atoms with Crippen LogP contribution in [0.4, 0.5) is 5.69 Å². The maximum Gasteiger partial charge on any atom is 0.213 e. The lowest BCUT2D eigenvalue weighted by atomic mass is 10.3. The minimum Gasteiger partial charge on any atom is -0.497 e. The van der Waals surface area contributed by atoms with Gasteiger partial charge in [0.1, 0.15) is 18.1 Å². The molecule has 7 heteroatoms. The van der Waals surface area contributed by atoms with Crippen LogP contribution in [0.25, 0.3) is 0 Å². The first-order valence-electron chi connectivity index (χ1n) is 7.45. The summed E-state index contributed by atoms with van der Waals surface area (Å²) < 4.78 is 15.8. The summed E-state index contributed by atoms with van der Waals surface area (Å²) in [6.07, 6.45) is 1.66. The van der Waals surface area contributed by atoms with Gasteiger partial charge in [0.15, 0.2) is 5.11 Å². The molecule has 128 valence electrons. The molecule has 1 aromatic heterocycles. The molecule has 1 unspecified atom stereocenters. The molecule has 6 nitrogen and oxygen atoms in total. The number of benzene rings is 1. The van der Waals surface area contributed by atoms with Crippen LogP contribution >= 0.6 is 12.2 Å². The molecule has 1 aromatic carbocycles. The average Bonchev–Trinajstić information content (AvgIpc) is 2.61. The molecule has 1 atom stereocenters. The molecule has 0 bridgehead atoms. The smallest absolute Gasteiger partial charge is 0.213 e. The Morgan fingerprint density at radius 3 is 2.38 bits per heavy atom. The van der Waals surface area contributed by atoms with Crippen LogP contribution in [0.15, 0.2) is 42.6 Å². The van der Waals surface area contributed by atoms with Crippen molar-refractivity contribution in [3.05, 3.63) is 42.6 Å². The molecule has 2 rings (SSSR count). The van der Waals surface area contributed by atoms with E-state index in [0.717, 1.165) is 17.2 Å². The molecule has 0 saturated carbocycles. The van der Waals surface area contributed by atoms with Crippen LogP contribution < -0.4 is 24.8 Å². The van der Waals surface area contributed by atoms with Gasteiger partial charge in [-0.15, -0.1) is 0 Å². The van der Waals surface area contributed by atoms with Crippen molar-refractivity contribution in [1.29, 1.82) is 0 Å². The Bertz CT molecular complexity index is 647. The molecule has 2 aromatic rings. The molecule has 0 saturated heterocycles. The summed E-state index contributed by atoms with van der Waals surface area (Å²) >= 11 is 5.28. The predicted octanol–water partition coefficient (Wildman–Crippen LogP) is 2.85. The lowest BCUT2D eigenvalue weighted by molar-refractivity contribution is 0.286. The summed E-state index contributed by atoms with van der Waals surface area (Å²) in [5.41, 5.74) is 0.788. The van der Waals surface area contributed by atoms with Gasteiger partial charge in [-0.1, -0.05) is 0 Å². The van der Waals surface area contributed by atoms with Crippen molar-refractivity contribution in [1.82, 2.24) is 10.3 Å². The number of nitrogens with one attached hydrogen (secondary N) is 2. The molecule has 0 aliphatic heterocycles. The standard InChI is InChI=1S/C17H21N3O3S/c1-12(11-23-15-7-5-14(21-2)6-8-15)19-17(24)20-13-4-9-16(22-3)18-10-13/h4-10,12H,11H2,1-3H3,(H2,19,20,24). The molecule has 0 spiro atoms. The number of pyridine rings is 1. The van der Waals surface area contributed by atoms with Gasteiger partial charge in [-0.25, -0.2) is 4.98 Å². The Kier molecular flexibility index (Phi) is 6.62. The first-order valence-corrected chi connectivity index (χ1v) is 7.86. The fourth-order valence-electron chi connectivity index (χ4n) is 1.90. The van der Waals surface area contributed by atoms with E-state index in [1.165, 1.54) is 0 Å². The highest BCUT2D eigenvalue weighted by Crippen LogP contribution is 2.17. The fraction of sp³-hybridized carbons (Fsp3) is 0.294. The second kappa shape index (κ2) is 8.93. The van der Waals surface area contributed by atoms with Crippen LogP contribution in [-0.2, 0) is 0 Å². The monoisotopic (exact) mass is 347 g/mol. The number of thiocarbonyl (C=S) groups is 1. The zero-order valence-electron chi connectivity index (χ0n) is 13.9. The fourth-order valence-corrected chi connectivity index (χ4v) is 2.22. The van der Waals surface area contributed by atoms with Gasteiger partial charge in [0, 0.05) is 6.07 Å². The van der Waals surface area contributed by atoms with Gasteiger partial charge in [-0.3, -0.25) is 0 Å². The third kappa shape index (κ3) is 5.58.